The van der Waals surface area contributed by atoms with Crippen molar-refractivity contribution in [3.8, 4) is 5.75 Å². The van der Waals surface area contributed by atoms with Gasteiger partial charge in [-0.2, -0.15) is 5.10 Å². The van der Waals surface area contributed by atoms with Crippen LogP contribution in [0, 0.1) is 6.92 Å². The summed E-state index contributed by atoms with van der Waals surface area (Å²) in [4.78, 5) is 12.6. The first-order valence-electron chi connectivity index (χ1n) is 7.87. The molecule has 0 unspecified atom stereocenters. The van der Waals surface area contributed by atoms with Crippen molar-refractivity contribution in [1.82, 2.24) is 15.1 Å². The SMILES string of the molecule is CCc1cccc2c1OCC[C@H]2NC(=O)c1c(C)nn(C)c1N. The van der Waals surface area contributed by atoms with E-state index in [1.807, 2.05) is 12.1 Å². The number of amides is 1. The minimum atomic E-state index is -0.187. The van der Waals surface area contributed by atoms with Crippen LogP contribution in [-0.2, 0) is 13.5 Å². The van der Waals surface area contributed by atoms with Crippen LogP contribution in [0.15, 0.2) is 18.2 Å². The van der Waals surface area contributed by atoms with E-state index in [-0.39, 0.29) is 11.9 Å². The van der Waals surface area contributed by atoms with Crippen LogP contribution in [0.25, 0.3) is 0 Å². The minimum absolute atomic E-state index is 0.0724. The molecule has 0 aliphatic carbocycles. The summed E-state index contributed by atoms with van der Waals surface area (Å²) >= 11 is 0. The molecule has 0 saturated carbocycles. The average molecular weight is 314 g/mol. The van der Waals surface area contributed by atoms with Crippen LogP contribution in [0.3, 0.4) is 0 Å². The van der Waals surface area contributed by atoms with E-state index in [1.165, 1.54) is 10.2 Å². The summed E-state index contributed by atoms with van der Waals surface area (Å²) in [6.07, 6.45) is 1.64. The maximum atomic E-state index is 12.6. The molecule has 0 radical (unpaired) electrons. The first-order chi connectivity index (χ1) is 11.0. The number of nitrogens with zero attached hydrogens (tertiary/aromatic N) is 2. The number of anilines is 1. The highest BCUT2D eigenvalue weighted by Crippen LogP contribution is 2.35. The Morgan fingerprint density at radius 3 is 2.96 bits per heavy atom. The quantitative estimate of drug-likeness (QED) is 0.909. The molecule has 2 aromatic rings. The zero-order valence-corrected chi connectivity index (χ0v) is 13.7. The lowest BCUT2D eigenvalue weighted by atomic mass is 9.96. The fraction of sp³-hybridized carbons (Fsp3) is 0.412. The Morgan fingerprint density at radius 1 is 1.52 bits per heavy atom. The fourth-order valence-corrected chi connectivity index (χ4v) is 3.10. The molecule has 0 bridgehead atoms. The van der Waals surface area contributed by atoms with Gasteiger partial charge < -0.3 is 15.8 Å². The van der Waals surface area contributed by atoms with Crippen LogP contribution in [0.5, 0.6) is 5.75 Å². The van der Waals surface area contributed by atoms with Gasteiger partial charge in [0, 0.05) is 19.0 Å². The van der Waals surface area contributed by atoms with Crippen LogP contribution in [-0.4, -0.2) is 22.3 Å². The molecule has 2 heterocycles. The van der Waals surface area contributed by atoms with E-state index in [0.717, 1.165) is 24.2 Å². The smallest absolute Gasteiger partial charge is 0.257 e. The second-order valence-corrected chi connectivity index (χ2v) is 5.82. The van der Waals surface area contributed by atoms with Gasteiger partial charge in [0.05, 0.1) is 18.3 Å². The number of nitrogen functional groups attached to an aromatic ring is 1. The number of hydrogen-bond acceptors (Lipinski definition) is 4. The number of nitrogens with one attached hydrogen (secondary N) is 1. The third-order valence-corrected chi connectivity index (χ3v) is 4.34. The normalized spacial score (nSPS) is 16.6. The summed E-state index contributed by atoms with van der Waals surface area (Å²) in [5.74, 6) is 1.10. The van der Waals surface area contributed by atoms with Gasteiger partial charge in [0.2, 0.25) is 0 Å². The number of hydrogen-bond donors (Lipinski definition) is 2. The predicted molar refractivity (Wildman–Crippen MR) is 88.5 cm³/mol. The second-order valence-electron chi connectivity index (χ2n) is 5.82. The summed E-state index contributed by atoms with van der Waals surface area (Å²) in [5.41, 5.74) is 9.25. The number of benzene rings is 1. The zero-order valence-electron chi connectivity index (χ0n) is 13.7. The summed E-state index contributed by atoms with van der Waals surface area (Å²) in [6.45, 7) is 4.48. The lowest BCUT2D eigenvalue weighted by molar-refractivity contribution is 0.0925. The van der Waals surface area contributed by atoms with Crippen molar-refractivity contribution < 1.29 is 9.53 Å². The number of carbonyl (C=O) groups is 1. The van der Waals surface area contributed by atoms with E-state index >= 15 is 0 Å². The lowest BCUT2D eigenvalue weighted by Crippen LogP contribution is -2.33. The number of rotatable bonds is 3. The molecule has 1 aromatic carbocycles. The Kier molecular flexibility index (Phi) is 3.98. The standard InChI is InChI=1S/C17H22N4O2/c1-4-11-6-5-7-12-13(8-9-23-15(11)12)19-17(22)14-10(2)20-21(3)16(14)18/h5-7,13H,4,8-9,18H2,1-3H3,(H,19,22)/t13-/m1/s1. The van der Waals surface area contributed by atoms with Crippen molar-refractivity contribution in [2.45, 2.75) is 32.7 Å². The van der Waals surface area contributed by atoms with Gasteiger partial charge in [-0.1, -0.05) is 25.1 Å². The average Bonchev–Trinajstić information content (AvgIpc) is 2.79. The summed E-state index contributed by atoms with van der Waals surface area (Å²) in [5, 5.41) is 7.29. The number of fused-ring (bicyclic) bond motifs is 1. The van der Waals surface area contributed by atoms with Gasteiger partial charge >= 0.3 is 0 Å². The zero-order chi connectivity index (χ0) is 16.6. The molecule has 6 heteroatoms. The van der Waals surface area contributed by atoms with Crippen molar-refractivity contribution in [2.75, 3.05) is 12.3 Å². The molecule has 0 spiro atoms. The van der Waals surface area contributed by atoms with E-state index < -0.39 is 0 Å². The van der Waals surface area contributed by atoms with Crippen molar-refractivity contribution in [2.24, 2.45) is 7.05 Å². The van der Waals surface area contributed by atoms with Crippen LogP contribution < -0.4 is 15.8 Å². The summed E-state index contributed by atoms with van der Waals surface area (Å²) in [6, 6.07) is 6.01. The Bertz CT molecular complexity index is 751. The first-order valence-corrected chi connectivity index (χ1v) is 7.87. The van der Waals surface area contributed by atoms with E-state index in [1.54, 1.807) is 14.0 Å². The van der Waals surface area contributed by atoms with E-state index in [4.69, 9.17) is 10.5 Å². The molecule has 3 rings (SSSR count). The highest BCUT2D eigenvalue weighted by Gasteiger charge is 2.27. The van der Waals surface area contributed by atoms with Gasteiger partial charge in [0.25, 0.3) is 5.91 Å². The number of aryl methyl sites for hydroxylation is 3. The number of nitrogens with two attached hydrogens (primary N) is 1. The molecule has 0 fully saturated rings. The minimum Gasteiger partial charge on any atom is -0.493 e. The molecule has 1 amide bonds. The number of para-hydroxylation sites is 1. The molecule has 1 aromatic heterocycles. The highest BCUT2D eigenvalue weighted by molar-refractivity contribution is 5.99. The molecule has 122 valence electrons. The number of ether oxygens (including phenoxy) is 1. The Labute approximate surface area is 135 Å². The van der Waals surface area contributed by atoms with Crippen LogP contribution >= 0.6 is 0 Å². The topological polar surface area (TPSA) is 82.2 Å². The van der Waals surface area contributed by atoms with Gasteiger partial charge in [0.15, 0.2) is 0 Å². The molecule has 1 atom stereocenters. The van der Waals surface area contributed by atoms with Gasteiger partial charge in [-0.3, -0.25) is 9.48 Å². The molecule has 0 saturated heterocycles. The lowest BCUT2D eigenvalue weighted by Gasteiger charge is -2.28. The van der Waals surface area contributed by atoms with Crippen molar-refractivity contribution >= 4 is 11.7 Å². The monoisotopic (exact) mass is 314 g/mol. The molecule has 23 heavy (non-hydrogen) atoms. The maximum absolute atomic E-state index is 12.6. The maximum Gasteiger partial charge on any atom is 0.257 e. The number of aromatic nitrogens is 2. The van der Waals surface area contributed by atoms with Crippen LogP contribution in [0.2, 0.25) is 0 Å². The molecule has 1 aliphatic rings. The summed E-state index contributed by atoms with van der Waals surface area (Å²) < 4.78 is 7.35. The van der Waals surface area contributed by atoms with Crippen molar-refractivity contribution in [3.05, 3.63) is 40.6 Å². The van der Waals surface area contributed by atoms with Gasteiger partial charge in [0.1, 0.15) is 17.1 Å². The Hall–Kier alpha value is -2.50. The predicted octanol–water partition coefficient (Wildman–Crippen LogP) is 2.13. The van der Waals surface area contributed by atoms with Crippen LogP contribution in [0.1, 0.15) is 46.6 Å². The molecule has 1 aliphatic heterocycles. The number of carbonyl (C=O) groups excluding carboxylic acids is 1. The van der Waals surface area contributed by atoms with Gasteiger partial charge in [-0.15, -0.1) is 0 Å². The summed E-state index contributed by atoms with van der Waals surface area (Å²) in [7, 11) is 1.73. The fourth-order valence-electron chi connectivity index (χ4n) is 3.10. The van der Waals surface area contributed by atoms with E-state index in [0.29, 0.717) is 23.7 Å². The molecule has 3 N–H and O–H groups in total. The van der Waals surface area contributed by atoms with Gasteiger partial charge in [-0.05, 0) is 18.9 Å². The largest absolute Gasteiger partial charge is 0.493 e. The third kappa shape index (κ3) is 2.65. The van der Waals surface area contributed by atoms with Crippen molar-refractivity contribution in [1.29, 1.82) is 0 Å². The molecular formula is C17H22N4O2. The Balaban J connectivity index is 1.89. The molecular weight excluding hydrogens is 292 g/mol. The van der Waals surface area contributed by atoms with E-state index in [2.05, 4.69) is 23.4 Å². The highest BCUT2D eigenvalue weighted by atomic mass is 16.5. The van der Waals surface area contributed by atoms with Crippen LogP contribution in [0.4, 0.5) is 5.82 Å². The van der Waals surface area contributed by atoms with E-state index in [9.17, 15) is 4.79 Å². The Morgan fingerprint density at radius 2 is 2.30 bits per heavy atom. The first kappa shape index (κ1) is 15.4. The van der Waals surface area contributed by atoms with Crippen molar-refractivity contribution in [3.63, 3.8) is 0 Å². The molecule has 6 nitrogen and oxygen atoms in total. The van der Waals surface area contributed by atoms with Gasteiger partial charge in [-0.25, -0.2) is 0 Å². The third-order valence-electron chi connectivity index (χ3n) is 4.34. The second kappa shape index (κ2) is 5.95.